The Hall–Kier alpha value is -1.89. The molecule has 7 nitrogen and oxygen atoms in total. The zero-order valence-electron chi connectivity index (χ0n) is 15.3. The predicted molar refractivity (Wildman–Crippen MR) is 97.8 cm³/mol. The SMILES string of the molecule is CCNc1ccnc(N2CCC[C@]3(CCC(=O)N(CCOC)C3)C2)n1. The van der Waals surface area contributed by atoms with E-state index in [4.69, 9.17) is 4.74 Å². The third-order valence-corrected chi connectivity index (χ3v) is 5.26. The van der Waals surface area contributed by atoms with E-state index in [2.05, 4.69) is 27.1 Å². The topological polar surface area (TPSA) is 70.6 Å². The molecule has 1 amide bonds. The minimum absolute atomic E-state index is 0.150. The van der Waals surface area contributed by atoms with Crippen molar-refractivity contribution < 1.29 is 9.53 Å². The number of hydrogen-bond donors (Lipinski definition) is 1. The van der Waals surface area contributed by atoms with E-state index in [0.717, 1.165) is 57.2 Å². The molecular formula is C18H29N5O2. The van der Waals surface area contributed by atoms with Gasteiger partial charge in [0, 0.05) is 57.9 Å². The van der Waals surface area contributed by atoms with Crippen LogP contribution in [0.2, 0.25) is 0 Å². The van der Waals surface area contributed by atoms with Gasteiger partial charge in [0.25, 0.3) is 0 Å². The second kappa shape index (κ2) is 7.99. The Morgan fingerprint density at radius 3 is 3.04 bits per heavy atom. The zero-order chi connectivity index (χ0) is 17.7. The Morgan fingerprint density at radius 2 is 2.24 bits per heavy atom. The lowest BCUT2D eigenvalue weighted by Crippen LogP contribution is -2.54. The van der Waals surface area contributed by atoms with Crippen LogP contribution in [0, 0.1) is 5.41 Å². The minimum Gasteiger partial charge on any atom is -0.383 e. The summed E-state index contributed by atoms with van der Waals surface area (Å²) < 4.78 is 5.16. The first kappa shape index (κ1) is 17.9. The van der Waals surface area contributed by atoms with Gasteiger partial charge >= 0.3 is 0 Å². The van der Waals surface area contributed by atoms with E-state index < -0.39 is 0 Å². The highest BCUT2D eigenvalue weighted by molar-refractivity contribution is 5.77. The van der Waals surface area contributed by atoms with Gasteiger partial charge in [-0.05, 0) is 32.3 Å². The summed E-state index contributed by atoms with van der Waals surface area (Å²) in [5.41, 5.74) is 0.150. The second-order valence-corrected chi connectivity index (χ2v) is 7.11. The molecule has 1 aromatic rings. The fourth-order valence-corrected chi connectivity index (χ4v) is 4.00. The van der Waals surface area contributed by atoms with Gasteiger partial charge < -0.3 is 19.9 Å². The largest absolute Gasteiger partial charge is 0.383 e. The predicted octanol–water partition coefficient (Wildman–Crippen LogP) is 1.76. The highest BCUT2D eigenvalue weighted by Crippen LogP contribution is 2.39. The molecule has 138 valence electrons. The molecule has 0 bridgehead atoms. The number of carbonyl (C=O) groups is 1. The summed E-state index contributed by atoms with van der Waals surface area (Å²) in [5.74, 6) is 1.91. The fraction of sp³-hybridized carbons (Fsp3) is 0.722. The summed E-state index contributed by atoms with van der Waals surface area (Å²) in [7, 11) is 1.68. The molecule has 0 unspecified atom stereocenters. The third kappa shape index (κ3) is 4.21. The van der Waals surface area contributed by atoms with Gasteiger partial charge in [0.05, 0.1) is 6.61 Å². The average molecular weight is 347 g/mol. The van der Waals surface area contributed by atoms with E-state index in [9.17, 15) is 4.79 Å². The lowest BCUT2D eigenvalue weighted by molar-refractivity contribution is -0.138. The lowest BCUT2D eigenvalue weighted by atomic mass is 9.73. The monoisotopic (exact) mass is 347 g/mol. The van der Waals surface area contributed by atoms with E-state index in [1.54, 1.807) is 7.11 Å². The molecule has 3 rings (SSSR count). The molecule has 7 heteroatoms. The van der Waals surface area contributed by atoms with Crippen LogP contribution < -0.4 is 10.2 Å². The number of ether oxygens (including phenoxy) is 1. The number of piperidine rings is 2. The van der Waals surface area contributed by atoms with Crippen molar-refractivity contribution in [3.8, 4) is 0 Å². The standard InChI is InChI=1S/C18H29N5O2/c1-3-19-15-6-9-20-17(21-15)23-10-4-7-18(14-23)8-5-16(24)22(13-18)11-12-25-2/h6,9H,3-5,7-8,10-14H2,1-2H3,(H,19,20,21)/t18-/m1/s1. The van der Waals surface area contributed by atoms with Crippen molar-refractivity contribution in [1.29, 1.82) is 0 Å². The number of nitrogens with zero attached hydrogens (tertiary/aromatic N) is 4. The molecule has 2 aliphatic heterocycles. The molecule has 1 spiro atoms. The molecule has 1 atom stereocenters. The number of amides is 1. The van der Waals surface area contributed by atoms with Gasteiger partial charge in [0.1, 0.15) is 5.82 Å². The molecule has 2 fully saturated rings. The maximum absolute atomic E-state index is 12.2. The summed E-state index contributed by atoms with van der Waals surface area (Å²) in [6, 6.07) is 1.90. The average Bonchev–Trinajstić information content (AvgIpc) is 2.63. The first-order valence-corrected chi connectivity index (χ1v) is 9.24. The number of likely N-dealkylation sites (tertiary alicyclic amines) is 1. The minimum atomic E-state index is 0.150. The summed E-state index contributed by atoms with van der Waals surface area (Å²) in [4.78, 5) is 25.6. The molecule has 0 radical (unpaired) electrons. The number of methoxy groups -OCH3 is 1. The number of anilines is 2. The molecule has 3 heterocycles. The number of nitrogens with one attached hydrogen (secondary N) is 1. The smallest absolute Gasteiger partial charge is 0.227 e. The quantitative estimate of drug-likeness (QED) is 0.846. The number of hydrogen-bond acceptors (Lipinski definition) is 6. The maximum atomic E-state index is 12.2. The Bertz CT molecular complexity index is 597. The van der Waals surface area contributed by atoms with E-state index in [1.807, 2.05) is 17.2 Å². The molecule has 2 aliphatic rings. The number of carbonyl (C=O) groups excluding carboxylic acids is 1. The molecule has 0 aromatic carbocycles. The first-order valence-electron chi connectivity index (χ1n) is 9.24. The zero-order valence-corrected chi connectivity index (χ0v) is 15.3. The van der Waals surface area contributed by atoms with Gasteiger partial charge in [-0.3, -0.25) is 4.79 Å². The van der Waals surface area contributed by atoms with Crippen LogP contribution in [0.25, 0.3) is 0 Å². The van der Waals surface area contributed by atoms with Crippen LogP contribution >= 0.6 is 0 Å². The first-order chi connectivity index (χ1) is 12.2. The van der Waals surface area contributed by atoms with Crippen LogP contribution in [0.4, 0.5) is 11.8 Å². The molecule has 25 heavy (non-hydrogen) atoms. The van der Waals surface area contributed by atoms with Crippen molar-refractivity contribution in [1.82, 2.24) is 14.9 Å². The molecule has 0 aliphatic carbocycles. The van der Waals surface area contributed by atoms with Gasteiger partial charge in [-0.2, -0.15) is 4.98 Å². The molecule has 1 aromatic heterocycles. The van der Waals surface area contributed by atoms with Crippen molar-refractivity contribution in [2.24, 2.45) is 5.41 Å². The van der Waals surface area contributed by atoms with Gasteiger partial charge in [-0.15, -0.1) is 0 Å². The van der Waals surface area contributed by atoms with Crippen LogP contribution in [0.15, 0.2) is 12.3 Å². The summed E-state index contributed by atoms with van der Waals surface area (Å²) >= 11 is 0. The van der Waals surface area contributed by atoms with Gasteiger partial charge in [0.15, 0.2) is 0 Å². The van der Waals surface area contributed by atoms with E-state index in [0.29, 0.717) is 19.6 Å². The summed E-state index contributed by atoms with van der Waals surface area (Å²) in [6.45, 7) is 6.90. The normalized spacial score (nSPS) is 24.0. The van der Waals surface area contributed by atoms with Crippen molar-refractivity contribution >= 4 is 17.7 Å². The number of aromatic nitrogens is 2. The molecular weight excluding hydrogens is 318 g/mol. The molecule has 2 saturated heterocycles. The van der Waals surface area contributed by atoms with Crippen LogP contribution in [0.1, 0.15) is 32.6 Å². The van der Waals surface area contributed by atoms with Crippen molar-refractivity contribution in [3.63, 3.8) is 0 Å². The van der Waals surface area contributed by atoms with Crippen molar-refractivity contribution in [3.05, 3.63) is 12.3 Å². The van der Waals surface area contributed by atoms with Gasteiger partial charge in [-0.25, -0.2) is 4.98 Å². The van der Waals surface area contributed by atoms with Gasteiger partial charge in [-0.1, -0.05) is 0 Å². The van der Waals surface area contributed by atoms with Crippen LogP contribution in [0.5, 0.6) is 0 Å². The Kier molecular flexibility index (Phi) is 5.73. The van der Waals surface area contributed by atoms with Crippen LogP contribution in [-0.4, -0.2) is 67.2 Å². The summed E-state index contributed by atoms with van der Waals surface area (Å²) in [5, 5.41) is 3.25. The number of rotatable bonds is 6. The van der Waals surface area contributed by atoms with Crippen molar-refractivity contribution in [2.45, 2.75) is 32.6 Å². The van der Waals surface area contributed by atoms with E-state index in [-0.39, 0.29) is 11.3 Å². The summed E-state index contributed by atoms with van der Waals surface area (Å²) in [6.07, 6.45) is 5.68. The highest BCUT2D eigenvalue weighted by Gasteiger charge is 2.42. The van der Waals surface area contributed by atoms with Crippen molar-refractivity contribution in [2.75, 3.05) is 56.7 Å². The second-order valence-electron chi connectivity index (χ2n) is 7.11. The van der Waals surface area contributed by atoms with E-state index in [1.165, 1.54) is 0 Å². The molecule has 0 saturated carbocycles. The lowest BCUT2D eigenvalue weighted by Gasteiger charge is -2.48. The van der Waals surface area contributed by atoms with Gasteiger partial charge in [0.2, 0.25) is 11.9 Å². The Balaban J connectivity index is 1.71. The van der Waals surface area contributed by atoms with E-state index >= 15 is 0 Å². The Morgan fingerprint density at radius 1 is 1.36 bits per heavy atom. The highest BCUT2D eigenvalue weighted by atomic mass is 16.5. The fourth-order valence-electron chi connectivity index (χ4n) is 4.00. The Labute approximate surface area is 149 Å². The third-order valence-electron chi connectivity index (χ3n) is 5.26. The molecule has 1 N–H and O–H groups in total. The maximum Gasteiger partial charge on any atom is 0.227 e. The van der Waals surface area contributed by atoms with Crippen LogP contribution in [0.3, 0.4) is 0 Å². The van der Waals surface area contributed by atoms with Crippen LogP contribution in [-0.2, 0) is 9.53 Å².